The third-order valence-corrected chi connectivity index (χ3v) is 4.50. The number of carbonyl (C=O) groups excluding carboxylic acids is 3. The van der Waals surface area contributed by atoms with Gasteiger partial charge in [0.25, 0.3) is 5.91 Å². The number of rotatable bonds is 6. The van der Waals surface area contributed by atoms with E-state index in [1.807, 2.05) is 0 Å². The van der Waals surface area contributed by atoms with Gasteiger partial charge in [-0.2, -0.15) is 0 Å². The molecule has 0 unspecified atom stereocenters. The fourth-order valence-corrected chi connectivity index (χ4v) is 3.09. The van der Waals surface area contributed by atoms with E-state index in [0.29, 0.717) is 22.9 Å². The van der Waals surface area contributed by atoms with Crippen LogP contribution in [0.2, 0.25) is 0 Å². The van der Waals surface area contributed by atoms with Crippen LogP contribution in [-0.4, -0.2) is 35.9 Å². The fraction of sp³-hybridized carbons (Fsp3) is 0.250. The molecular weight excluding hydrogens is 384 g/mol. The number of nitrogens with zero attached hydrogens (tertiary/aromatic N) is 1. The van der Waals surface area contributed by atoms with E-state index >= 15 is 0 Å². The van der Waals surface area contributed by atoms with E-state index in [9.17, 15) is 23.2 Å². The van der Waals surface area contributed by atoms with Crippen molar-refractivity contribution < 1.29 is 27.9 Å². The van der Waals surface area contributed by atoms with E-state index in [1.54, 1.807) is 31.2 Å². The molecule has 0 aromatic heterocycles. The van der Waals surface area contributed by atoms with Gasteiger partial charge < -0.3 is 15.4 Å². The minimum absolute atomic E-state index is 0.319. The first kappa shape index (κ1) is 20.2. The van der Waals surface area contributed by atoms with Crippen LogP contribution in [-0.2, 0) is 15.1 Å². The fourth-order valence-electron chi connectivity index (χ4n) is 3.09. The van der Waals surface area contributed by atoms with E-state index in [4.69, 9.17) is 4.74 Å². The van der Waals surface area contributed by atoms with Crippen LogP contribution < -0.4 is 15.4 Å². The zero-order valence-electron chi connectivity index (χ0n) is 15.8. The molecular formula is C20H19F2N3O4. The summed E-state index contributed by atoms with van der Waals surface area (Å²) in [5, 5.41) is 4.92. The molecule has 1 aliphatic rings. The normalized spacial score (nSPS) is 18.6. The van der Waals surface area contributed by atoms with Gasteiger partial charge in [0.2, 0.25) is 5.91 Å². The Balaban J connectivity index is 1.79. The van der Waals surface area contributed by atoms with Crippen molar-refractivity contribution in [3.8, 4) is 5.75 Å². The molecule has 4 amide bonds. The lowest BCUT2D eigenvalue weighted by Crippen LogP contribution is -2.42. The third kappa shape index (κ3) is 3.89. The van der Waals surface area contributed by atoms with Gasteiger partial charge in [-0.05, 0) is 44.2 Å². The maximum Gasteiger partial charge on any atom is 0.325 e. The summed E-state index contributed by atoms with van der Waals surface area (Å²) in [6.07, 6.45) is 0. The van der Waals surface area contributed by atoms with Gasteiger partial charge >= 0.3 is 6.03 Å². The van der Waals surface area contributed by atoms with Gasteiger partial charge in [0, 0.05) is 5.56 Å². The lowest BCUT2D eigenvalue weighted by atomic mass is 9.91. The number of nitrogens with one attached hydrogen (secondary N) is 2. The number of carbonyl (C=O) groups is 3. The minimum atomic E-state index is -1.83. The van der Waals surface area contributed by atoms with Gasteiger partial charge in [-0.1, -0.05) is 12.1 Å². The van der Waals surface area contributed by atoms with Crippen LogP contribution in [0.3, 0.4) is 0 Å². The van der Waals surface area contributed by atoms with Crippen molar-refractivity contribution >= 4 is 23.5 Å². The van der Waals surface area contributed by atoms with E-state index in [1.165, 1.54) is 6.92 Å². The number of benzene rings is 2. The van der Waals surface area contributed by atoms with E-state index < -0.39 is 41.6 Å². The maximum atomic E-state index is 14.2. The SMILES string of the molecule is CCOc1ccccc1NC(=O)CN1C(=O)N[C@@](C)(c2cc(F)ccc2F)C1=O. The number of urea groups is 1. The van der Waals surface area contributed by atoms with Crippen LogP contribution in [0.5, 0.6) is 5.75 Å². The summed E-state index contributed by atoms with van der Waals surface area (Å²) in [4.78, 5) is 38.2. The van der Waals surface area contributed by atoms with Crippen molar-refractivity contribution in [2.75, 3.05) is 18.5 Å². The van der Waals surface area contributed by atoms with Crippen molar-refractivity contribution in [1.82, 2.24) is 10.2 Å². The second-order valence-corrected chi connectivity index (χ2v) is 6.55. The number of para-hydroxylation sites is 2. The third-order valence-electron chi connectivity index (χ3n) is 4.50. The molecule has 152 valence electrons. The Bertz CT molecular complexity index is 982. The lowest BCUT2D eigenvalue weighted by Gasteiger charge is -2.22. The molecule has 9 heteroatoms. The molecule has 2 aromatic rings. The zero-order chi connectivity index (χ0) is 21.2. The van der Waals surface area contributed by atoms with Gasteiger partial charge in [-0.25, -0.2) is 13.6 Å². The van der Waals surface area contributed by atoms with Crippen LogP contribution >= 0.6 is 0 Å². The second kappa shape index (κ2) is 7.86. The molecule has 0 bridgehead atoms. The first-order valence-corrected chi connectivity index (χ1v) is 8.87. The smallest absolute Gasteiger partial charge is 0.325 e. The summed E-state index contributed by atoms with van der Waals surface area (Å²) in [6.45, 7) is 2.83. The molecule has 29 heavy (non-hydrogen) atoms. The summed E-state index contributed by atoms with van der Waals surface area (Å²) in [5.41, 5.74) is -1.77. The molecule has 1 aliphatic heterocycles. The first-order valence-electron chi connectivity index (χ1n) is 8.87. The molecule has 1 saturated heterocycles. The van der Waals surface area contributed by atoms with Crippen LogP contribution in [0.15, 0.2) is 42.5 Å². The summed E-state index contributed by atoms with van der Waals surface area (Å²) >= 11 is 0. The van der Waals surface area contributed by atoms with Crippen molar-refractivity contribution in [1.29, 1.82) is 0 Å². The molecule has 0 saturated carbocycles. The lowest BCUT2D eigenvalue weighted by molar-refractivity contribution is -0.133. The Morgan fingerprint density at radius 3 is 2.66 bits per heavy atom. The predicted molar refractivity (Wildman–Crippen MR) is 100 cm³/mol. The number of hydrogen-bond donors (Lipinski definition) is 2. The Morgan fingerprint density at radius 1 is 1.21 bits per heavy atom. The van der Waals surface area contributed by atoms with Gasteiger partial charge in [-0.3, -0.25) is 14.5 Å². The first-order chi connectivity index (χ1) is 13.8. The minimum Gasteiger partial charge on any atom is -0.492 e. The molecule has 7 nitrogen and oxygen atoms in total. The van der Waals surface area contributed by atoms with Crippen molar-refractivity contribution in [3.63, 3.8) is 0 Å². The van der Waals surface area contributed by atoms with Gasteiger partial charge in [-0.15, -0.1) is 0 Å². The van der Waals surface area contributed by atoms with Gasteiger partial charge in [0.05, 0.1) is 12.3 Å². The maximum absolute atomic E-state index is 14.2. The Labute approximate surface area is 165 Å². The molecule has 3 rings (SSSR count). The van der Waals surface area contributed by atoms with E-state index in [0.717, 1.165) is 18.2 Å². The Kier molecular flexibility index (Phi) is 5.49. The number of hydrogen-bond acceptors (Lipinski definition) is 4. The Hall–Kier alpha value is -3.49. The largest absolute Gasteiger partial charge is 0.492 e. The molecule has 2 N–H and O–H groups in total. The molecule has 1 fully saturated rings. The van der Waals surface area contributed by atoms with E-state index in [-0.39, 0.29) is 5.56 Å². The second-order valence-electron chi connectivity index (χ2n) is 6.55. The molecule has 2 aromatic carbocycles. The number of anilines is 1. The summed E-state index contributed by atoms with van der Waals surface area (Å²) in [5.74, 6) is -2.68. The highest BCUT2D eigenvalue weighted by atomic mass is 19.1. The molecule has 1 atom stereocenters. The zero-order valence-corrected chi connectivity index (χ0v) is 15.8. The topological polar surface area (TPSA) is 87.7 Å². The van der Waals surface area contributed by atoms with Gasteiger partial charge in [0.15, 0.2) is 0 Å². The standard InChI is InChI=1S/C20H19F2N3O4/c1-3-29-16-7-5-4-6-15(16)23-17(26)11-25-18(27)20(2,24-19(25)28)13-10-12(21)8-9-14(13)22/h4-10H,3,11H2,1-2H3,(H,23,26)(H,24,28)/t20-/m0/s1. The predicted octanol–water partition coefficient (Wildman–Crippen LogP) is 2.77. The van der Waals surface area contributed by atoms with E-state index in [2.05, 4.69) is 10.6 Å². The quantitative estimate of drug-likeness (QED) is 0.726. The number of ether oxygens (including phenoxy) is 1. The molecule has 0 radical (unpaired) electrons. The van der Waals surface area contributed by atoms with Gasteiger partial charge in [0.1, 0.15) is 29.5 Å². The van der Waals surface area contributed by atoms with Crippen LogP contribution in [0.1, 0.15) is 19.4 Å². The summed E-state index contributed by atoms with van der Waals surface area (Å²) < 4.78 is 33.2. The highest BCUT2D eigenvalue weighted by Crippen LogP contribution is 2.31. The van der Waals surface area contributed by atoms with Crippen LogP contribution in [0.4, 0.5) is 19.3 Å². The number of imide groups is 1. The van der Waals surface area contributed by atoms with Crippen molar-refractivity contribution in [3.05, 3.63) is 59.7 Å². The highest BCUT2D eigenvalue weighted by molar-refractivity contribution is 6.10. The van der Waals surface area contributed by atoms with Crippen LogP contribution in [0, 0.1) is 11.6 Å². The average Bonchev–Trinajstić information content (AvgIpc) is 2.89. The number of halogens is 2. The molecule has 0 spiro atoms. The van der Waals surface area contributed by atoms with Crippen molar-refractivity contribution in [2.45, 2.75) is 19.4 Å². The molecule has 1 heterocycles. The van der Waals surface area contributed by atoms with Crippen molar-refractivity contribution in [2.24, 2.45) is 0 Å². The highest BCUT2D eigenvalue weighted by Gasteiger charge is 2.50. The number of amides is 4. The Morgan fingerprint density at radius 2 is 1.93 bits per heavy atom. The summed E-state index contributed by atoms with van der Waals surface area (Å²) in [6, 6.07) is 8.44. The van der Waals surface area contributed by atoms with Crippen LogP contribution in [0.25, 0.3) is 0 Å². The summed E-state index contributed by atoms with van der Waals surface area (Å²) in [7, 11) is 0. The molecule has 0 aliphatic carbocycles. The monoisotopic (exact) mass is 403 g/mol. The average molecular weight is 403 g/mol.